The summed E-state index contributed by atoms with van der Waals surface area (Å²) in [5.74, 6) is 0. The predicted molar refractivity (Wildman–Crippen MR) is 45.9 cm³/mol. The molecular formula is C9H13N2-. The molecule has 0 spiro atoms. The summed E-state index contributed by atoms with van der Waals surface area (Å²) in [4.78, 5) is 3.99. The molecule has 0 fully saturated rings. The zero-order valence-corrected chi connectivity index (χ0v) is 6.91. The van der Waals surface area contributed by atoms with Crippen LogP contribution in [0.15, 0.2) is 24.5 Å². The molecule has 0 bridgehead atoms. The number of rotatable bonds is 3. The largest absolute Gasteiger partial charge is 0.345 e. The van der Waals surface area contributed by atoms with Gasteiger partial charge in [0, 0.05) is 0 Å². The summed E-state index contributed by atoms with van der Waals surface area (Å²) in [6.45, 7) is 6.18. The number of nitrogens with zero attached hydrogens (tertiary/aromatic N) is 1. The molecule has 0 unspecified atom stereocenters. The van der Waals surface area contributed by atoms with Crippen molar-refractivity contribution in [2.24, 2.45) is 0 Å². The lowest BCUT2D eigenvalue weighted by Gasteiger charge is -2.13. The van der Waals surface area contributed by atoms with E-state index in [2.05, 4.69) is 24.1 Å². The van der Waals surface area contributed by atoms with E-state index in [1.165, 1.54) is 0 Å². The maximum absolute atomic E-state index is 3.99. The van der Waals surface area contributed by atoms with E-state index in [-0.39, 0.29) is 0 Å². The molecule has 0 radical (unpaired) electrons. The Labute approximate surface area is 67.7 Å². The van der Waals surface area contributed by atoms with Crippen molar-refractivity contribution in [1.82, 2.24) is 10.3 Å². The molecule has 1 N–H and O–H groups in total. The average molecular weight is 149 g/mol. The van der Waals surface area contributed by atoms with Crippen molar-refractivity contribution in [3.8, 4) is 0 Å². The first-order chi connectivity index (χ1) is 5.29. The second-order valence-electron chi connectivity index (χ2n) is 2.75. The lowest BCUT2D eigenvalue weighted by molar-refractivity contribution is 0.672. The highest BCUT2D eigenvalue weighted by molar-refractivity contribution is 5.16. The highest BCUT2D eigenvalue weighted by Crippen LogP contribution is 1.96. The van der Waals surface area contributed by atoms with Crippen LogP contribution in [0.2, 0.25) is 0 Å². The minimum Gasteiger partial charge on any atom is -0.345 e. The smallest absolute Gasteiger partial charge is 0.000386 e. The molecule has 2 heteroatoms. The Morgan fingerprint density at radius 2 is 2.36 bits per heavy atom. The molecule has 0 aliphatic heterocycles. The van der Waals surface area contributed by atoms with Gasteiger partial charge in [-0.3, -0.25) is 0 Å². The molecule has 0 aromatic carbocycles. The van der Waals surface area contributed by atoms with Crippen molar-refractivity contribution in [3.63, 3.8) is 0 Å². The van der Waals surface area contributed by atoms with Crippen molar-refractivity contribution in [2.45, 2.75) is 19.9 Å². The van der Waals surface area contributed by atoms with Crippen LogP contribution in [0.4, 0.5) is 0 Å². The molecule has 0 aliphatic carbocycles. The zero-order chi connectivity index (χ0) is 8.10. The van der Waals surface area contributed by atoms with E-state index in [0.717, 1.165) is 5.56 Å². The fourth-order valence-electron chi connectivity index (χ4n) is 0.724. The summed E-state index contributed by atoms with van der Waals surface area (Å²) in [6.07, 6.45) is 3.60. The Kier molecular flexibility index (Phi) is 2.93. The summed E-state index contributed by atoms with van der Waals surface area (Å²) >= 11 is 0. The first kappa shape index (κ1) is 8.08. The van der Waals surface area contributed by atoms with Gasteiger partial charge < -0.3 is 10.3 Å². The molecule has 0 saturated carbocycles. The van der Waals surface area contributed by atoms with Crippen LogP contribution in [0.3, 0.4) is 0 Å². The maximum atomic E-state index is 3.99. The standard InChI is InChI=1S/C9H13N2/c1-8(2)11-7-9-4-3-5-10-6-9/h3-8,11H,1-2H3/q-1. The summed E-state index contributed by atoms with van der Waals surface area (Å²) < 4.78 is 0. The van der Waals surface area contributed by atoms with E-state index in [1.807, 2.05) is 24.9 Å². The number of pyridine rings is 1. The minimum atomic E-state index is 0.482. The molecule has 0 amide bonds. The van der Waals surface area contributed by atoms with Gasteiger partial charge in [-0.2, -0.15) is 11.6 Å². The van der Waals surface area contributed by atoms with E-state index < -0.39 is 0 Å². The molecule has 0 aliphatic rings. The Hall–Kier alpha value is -1.02. The molecule has 60 valence electrons. The van der Waals surface area contributed by atoms with E-state index in [0.29, 0.717) is 6.04 Å². The highest BCUT2D eigenvalue weighted by atomic mass is 14.9. The summed E-state index contributed by atoms with van der Waals surface area (Å²) in [7, 11) is 0. The molecule has 1 aromatic heterocycles. The van der Waals surface area contributed by atoms with E-state index in [4.69, 9.17) is 0 Å². The summed E-state index contributed by atoms with van der Waals surface area (Å²) in [5, 5.41) is 3.20. The number of hydrogen-bond acceptors (Lipinski definition) is 2. The monoisotopic (exact) mass is 149 g/mol. The van der Waals surface area contributed by atoms with Crippen molar-refractivity contribution in [1.29, 1.82) is 0 Å². The van der Waals surface area contributed by atoms with Crippen LogP contribution in [-0.4, -0.2) is 11.0 Å². The fraction of sp³-hybridized carbons (Fsp3) is 0.333. The van der Waals surface area contributed by atoms with Gasteiger partial charge in [-0.1, -0.05) is 20.0 Å². The third-order valence-electron chi connectivity index (χ3n) is 1.27. The Morgan fingerprint density at radius 1 is 1.55 bits per heavy atom. The van der Waals surface area contributed by atoms with E-state index >= 15 is 0 Å². The van der Waals surface area contributed by atoms with Gasteiger partial charge in [0.2, 0.25) is 0 Å². The first-order valence-electron chi connectivity index (χ1n) is 3.78. The van der Waals surface area contributed by atoms with Gasteiger partial charge in [-0.15, -0.1) is 12.6 Å². The van der Waals surface area contributed by atoms with Crippen LogP contribution in [-0.2, 0) is 0 Å². The van der Waals surface area contributed by atoms with Crippen LogP contribution < -0.4 is 5.32 Å². The number of nitrogens with one attached hydrogen (secondary N) is 1. The Balaban J connectivity index is 2.39. The maximum Gasteiger partial charge on any atom is -0.000386 e. The van der Waals surface area contributed by atoms with Crippen LogP contribution >= 0.6 is 0 Å². The minimum absolute atomic E-state index is 0.482. The number of hydrogen-bond donors (Lipinski definition) is 1. The normalized spacial score (nSPS) is 10.1. The van der Waals surface area contributed by atoms with Crippen LogP contribution in [0.1, 0.15) is 19.4 Å². The second-order valence-corrected chi connectivity index (χ2v) is 2.75. The molecule has 1 heterocycles. The third kappa shape index (κ3) is 3.05. The number of aromatic nitrogens is 1. The molecule has 2 nitrogen and oxygen atoms in total. The lowest BCUT2D eigenvalue weighted by atomic mass is 10.2. The van der Waals surface area contributed by atoms with Gasteiger partial charge in [0.15, 0.2) is 0 Å². The average Bonchev–Trinajstić information content (AvgIpc) is 2.03. The molecule has 1 aromatic rings. The quantitative estimate of drug-likeness (QED) is 0.660. The molecule has 11 heavy (non-hydrogen) atoms. The fourth-order valence-corrected chi connectivity index (χ4v) is 0.724. The molecule has 1 rings (SSSR count). The SMILES string of the molecule is CC(C)N[CH-]c1cccnc1. The van der Waals surface area contributed by atoms with Crippen LogP contribution in [0.5, 0.6) is 0 Å². The highest BCUT2D eigenvalue weighted by Gasteiger charge is 1.85. The molecule has 0 atom stereocenters. The lowest BCUT2D eigenvalue weighted by Crippen LogP contribution is -2.19. The predicted octanol–water partition coefficient (Wildman–Crippen LogP) is 1.59. The van der Waals surface area contributed by atoms with Crippen molar-refractivity contribution in [3.05, 3.63) is 36.6 Å². The van der Waals surface area contributed by atoms with Gasteiger partial charge in [-0.25, -0.2) is 0 Å². The Morgan fingerprint density at radius 3 is 2.91 bits per heavy atom. The van der Waals surface area contributed by atoms with Crippen LogP contribution in [0, 0.1) is 6.54 Å². The van der Waals surface area contributed by atoms with Gasteiger partial charge in [0.1, 0.15) is 0 Å². The topological polar surface area (TPSA) is 24.9 Å². The van der Waals surface area contributed by atoms with Gasteiger partial charge >= 0.3 is 0 Å². The Bertz CT molecular complexity index is 194. The van der Waals surface area contributed by atoms with Gasteiger partial charge in [0.05, 0.1) is 0 Å². The van der Waals surface area contributed by atoms with Crippen molar-refractivity contribution in [2.75, 3.05) is 0 Å². The van der Waals surface area contributed by atoms with Crippen molar-refractivity contribution >= 4 is 0 Å². The molecular weight excluding hydrogens is 136 g/mol. The van der Waals surface area contributed by atoms with Gasteiger partial charge in [0.25, 0.3) is 0 Å². The molecule has 0 saturated heterocycles. The first-order valence-corrected chi connectivity index (χ1v) is 3.78. The van der Waals surface area contributed by atoms with Gasteiger partial charge in [-0.05, 0) is 12.2 Å². The van der Waals surface area contributed by atoms with E-state index in [1.54, 1.807) is 6.20 Å². The summed E-state index contributed by atoms with van der Waals surface area (Å²) in [6, 6.07) is 4.42. The van der Waals surface area contributed by atoms with Crippen LogP contribution in [0.25, 0.3) is 0 Å². The summed E-state index contributed by atoms with van der Waals surface area (Å²) in [5.41, 5.74) is 1.11. The zero-order valence-electron chi connectivity index (χ0n) is 6.91. The second kappa shape index (κ2) is 3.98. The third-order valence-corrected chi connectivity index (χ3v) is 1.27. The van der Waals surface area contributed by atoms with Crippen molar-refractivity contribution < 1.29 is 0 Å². The van der Waals surface area contributed by atoms with E-state index in [9.17, 15) is 0 Å².